The Morgan fingerprint density at radius 2 is 1.32 bits per heavy atom. The van der Waals surface area contributed by atoms with Crippen molar-refractivity contribution in [3.8, 4) is 11.1 Å². The molecule has 1 aromatic heterocycles. The van der Waals surface area contributed by atoms with Crippen molar-refractivity contribution >= 4 is 17.7 Å². The van der Waals surface area contributed by atoms with Gasteiger partial charge in [0.05, 0.1) is 0 Å². The summed E-state index contributed by atoms with van der Waals surface area (Å²) in [7, 11) is 3.19. The predicted octanol–water partition coefficient (Wildman–Crippen LogP) is 5.46. The molecular weight excluding hydrogens is 629 g/mol. The fourth-order valence-electron chi connectivity index (χ4n) is 5.89. The molecule has 0 radical (unpaired) electrons. The Kier molecular flexibility index (Phi) is 12.2. The number of carbonyl (C=O) groups is 3. The maximum atomic E-state index is 14.6. The number of nitrogens with two attached hydrogens (primary N) is 1. The van der Waals surface area contributed by atoms with E-state index in [0.29, 0.717) is 24.1 Å². The largest absolute Gasteiger partial charge is 0.354 e. The Morgan fingerprint density at radius 1 is 0.700 bits per heavy atom. The van der Waals surface area contributed by atoms with Crippen molar-refractivity contribution in [2.24, 2.45) is 5.73 Å². The molecule has 4 aromatic carbocycles. The summed E-state index contributed by atoms with van der Waals surface area (Å²) in [5, 5.41) is 2.98. The van der Waals surface area contributed by atoms with Gasteiger partial charge in [-0.25, -0.2) is 4.39 Å². The summed E-state index contributed by atoms with van der Waals surface area (Å²) in [6.45, 7) is 0.614. The molecular formula is C41H42FN5O3. The highest BCUT2D eigenvalue weighted by Gasteiger charge is 2.35. The van der Waals surface area contributed by atoms with E-state index in [1.54, 1.807) is 56.8 Å². The van der Waals surface area contributed by atoms with Gasteiger partial charge in [0, 0.05) is 58.0 Å². The molecule has 9 heteroatoms. The molecule has 0 fully saturated rings. The molecule has 0 saturated carbocycles. The minimum atomic E-state index is -0.947. The first-order chi connectivity index (χ1) is 24.2. The fourth-order valence-corrected chi connectivity index (χ4v) is 5.89. The Bertz CT molecular complexity index is 1870. The molecule has 0 saturated heterocycles. The molecule has 256 valence electrons. The van der Waals surface area contributed by atoms with Gasteiger partial charge in [0.2, 0.25) is 11.8 Å². The van der Waals surface area contributed by atoms with Crippen molar-refractivity contribution in [2.75, 3.05) is 20.6 Å². The van der Waals surface area contributed by atoms with Crippen LogP contribution >= 0.6 is 0 Å². The Morgan fingerprint density at radius 3 is 1.98 bits per heavy atom. The van der Waals surface area contributed by atoms with E-state index in [4.69, 9.17) is 5.73 Å². The van der Waals surface area contributed by atoms with Crippen molar-refractivity contribution < 1.29 is 18.8 Å². The SMILES string of the molecule is CN(C(=O)c1cccc(CN)c1)[C@H](Cc1ccc(-c2ccccc2)cc1)C(=O)N(C)[C@H](Cc1ccc(F)cc1)C(=O)NCCc1ccncc1. The summed E-state index contributed by atoms with van der Waals surface area (Å²) in [6.07, 6.45) is 4.33. The number of amides is 3. The van der Waals surface area contributed by atoms with Crippen LogP contribution in [0.5, 0.6) is 0 Å². The van der Waals surface area contributed by atoms with E-state index in [9.17, 15) is 18.8 Å². The quantitative estimate of drug-likeness (QED) is 0.163. The first-order valence-electron chi connectivity index (χ1n) is 16.6. The number of hydrogen-bond donors (Lipinski definition) is 2. The summed E-state index contributed by atoms with van der Waals surface area (Å²) in [5.41, 5.74) is 11.7. The maximum Gasteiger partial charge on any atom is 0.254 e. The Balaban J connectivity index is 1.43. The highest BCUT2D eigenvalue weighted by molar-refractivity contribution is 5.98. The van der Waals surface area contributed by atoms with Gasteiger partial charge in [0.15, 0.2) is 0 Å². The Labute approximate surface area is 292 Å². The first-order valence-corrected chi connectivity index (χ1v) is 16.6. The third-order valence-electron chi connectivity index (χ3n) is 8.90. The van der Waals surface area contributed by atoms with Gasteiger partial charge < -0.3 is 20.9 Å². The van der Waals surface area contributed by atoms with Crippen LogP contribution in [-0.2, 0) is 35.4 Å². The normalized spacial score (nSPS) is 12.1. The fraction of sp³-hybridized carbons (Fsp3) is 0.220. The zero-order valence-corrected chi connectivity index (χ0v) is 28.3. The van der Waals surface area contributed by atoms with E-state index in [0.717, 1.165) is 27.8 Å². The molecule has 3 N–H and O–H groups in total. The van der Waals surface area contributed by atoms with Gasteiger partial charge in [0.1, 0.15) is 17.9 Å². The summed E-state index contributed by atoms with van der Waals surface area (Å²) in [6, 6.07) is 32.7. The van der Waals surface area contributed by atoms with Crippen LogP contribution < -0.4 is 11.1 Å². The van der Waals surface area contributed by atoms with Crippen molar-refractivity contribution in [1.29, 1.82) is 0 Å². The lowest BCUT2D eigenvalue weighted by molar-refractivity contribution is -0.142. The maximum absolute atomic E-state index is 14.6. The zero-order chi connectivity index (χ0) is 35.5. The molecule has 5 aromatic rings. The van der Waals surface area contributed by atoms with Crippen LogP contribution in [0.2, 0.25) is 0 Å². The van der Waals surface area contributed by atoms with Gasteiger partial charge in [-0.3, -0.25) is 19.4 Å². The minimum absolute atomic E-state index is 0.151. The van der Waals surface area contributed by atoms with E-state index in [-0.39, 0.29) is 31.2 Å². The average Bonchev–Trinajstić information content (AvgIpc) is 3.16. The zero-order valence-electron chi connectivity index (χ0n) is 28.3. The molecule has 0 bridgehead atoms. The van der Waals surface area contributed by atoms with E-state index in [1.165, 1.54) is 21.9 Å². The van der Waals surface area contributed by atoms with Crippen LogP contribution in [0.15, 0.2) is 128 Å². The number of halogens is 1. The van der Waals surface area contributed by atoms with E-state index >= 15 is 0 Å². The molecule has 0 aliphatic carbocycles. The van der Waals surface area contributed by atoms with Gasteiger partial charge >= 0.3 is 0 Å². The molecule has 8 nitrogen and oxygen atoms in total. The highest BCUT2D eigenvalue weighted by atomic mass is 19.1. The standard InChI is InChI=1S/C41H42FN5O3/c1-46(37(26-31-13-17-36(42)18-14-31)39(48)45-24-21-29-19-22-44-23-20-29)41(50)38(47(2)40(49)35-10-6-7-32(25-35)28-43)27-30-11-15-34(16-12-30)33-8-4-3-5-9-33/h3-20,22-23,25,37-38H,21,24,26-28,43H2,1-2H3,(H,45,48)/t37-,38-/m1/s1. The van der Waals surface area contributed by atoms with Crippen molar-refractivity contribution in [2.45, 2.75) is 37.9 Å². The van der Waals surface area contributed by atoms with Gasteiger partial charge in [-0.15, -0.1) is 0 Å². The number of aromatic nitrogens is 1. The molecule has 50 heavy (non-hydrogen) atoms. The van der Waals surface area contributed by atoms with E-state index < -0.39 is 23.8 Å². The third-order valence-corrected chi connectivity index (χ3v) is 8.90. The second-order valence-corrected chi connectivity index (χ2v) is 12.3. The summed E-state index contributed by atoms with van der Waals surface area (Å²) >= 11 is 0. The van der Waals surface area contributed by atoms with Crippen LogP contribution in [0.3, 0.4) is 0 Å². The first kappa shape index (κ1) is 35.6. The number of rotatable bonds is 14. The lowest BCUT2D eigenvalue weighted by atomic mass is 9.97. The topological polar surface area (TPSA) is 109 Å². The summed E-state index contributed by atoms with van der Waals surface area (Å²) in [4.78, 5) is 49.2. The highest BCUT2D eigenvalue weighted by Crippen LogP contribution is 2.22. The number of hydrogen-bond acceptors (Lipinski definition) is 5. The number of nitrogens with one attached hydrogen (secondary N) is 1. The molecule has 0 unspecified atom stereocenters. The average molecular weight is 672 g/mol. The number of nitrogens with zero attached hydrogens (tertiary/aromatic N) is 3. The van der Waals surface area contributed by atoms with Crippen molar-refractivity contribution in [1.82, 2.24) is 20.1 Å². The van der Waals surface area contributed by atoms with Gasteiger partial charge in [-0.1, -0.05) is 78.9 Å². The lowest BCUT2D eigenvalue weighted by Crippen LogP contribution is -2.56. The summed E-state index contributed by atoms with van der Waals surface area (Å²) < 4.78 is 13.8. The number of benzene rings is 4. The van der Waals surface area contributed by atoms with Gasteiger partial charge in [-0.05, 0) is 76.2 Å². The third kappa shape index (κ3) is 9.27. The smallest absolute Gasteiger partial charge is 0.254 e. The van der Waals surface area contributed by atoms with Crippen LogP contribution in [-0.4, -0.2) is 65.2 Å². The molecule has 5 rings (SSSR count). The molecule has 0 aliphatic heterocycles. The van der Waals surface area contributed by atoms with Gasteiger partial charge in [0.25, 0.3) is 5.91 Å². The van der Waals surface area contributed by atoms with Gasteiger partial charge in [-0.2, -0.15) is 0 Å². The Hall–Kier alpha value is -5.67. The van der Waals surface area contributed by atoms with E-state index in [1.807, 2.05) is 72.8 Å². The lowest BCUT2D eigenvalue weighted by Gasteiger charge is -2.35. The van der Waals surface area contributed by atoms with Crippen LogP contribution in [0, 0.1) is 5.82 Å². The second-order valence-electron chi connectivity index (χ2n) is 12.3. The minimum Gasteiger partial charge on any atom is -0.354 e. The predicted molar refractivity (Wildman–Crippen MR) is 193 cm³/mol. The molecule has 0 spiro atoms. The molecule has 2 atom stereocenters. The van der Waals surface area contributed by atoms with Crippen LogP contribution in [0.1, 0.15) is 32.6 Å². The molecule has 3 amide bonds. The molecule has 0 aliphatic rings. The second kappa shape index (κ2) is 17.1. The molecule has 1 heterocycles. The summed E-state index contributed by atoms with van der Waals surface area (Å²) in [5.74, 6) is -1.49. The number of carbonyl (C=O) groups excluding carboxylic acids is 3. The monoisotopic (exact) mass is 671 g/mol. The van der Waals surface area contributed by atoms with Crippen LogP contribution in [0.4, 0.5) is 4.39 Å². The van der Waals surface area contributed by atoms with Crippen LogP contribution in [0.25, 0.3) is 11.1 Å². The number of likely N-dealkylation sites (N-methyl/N-ethyl adjacent to an activating group) is 2. The van der Waals surface area contributed by atoms with Crippen molar-refractivity contribution in [3.05, 3.63) is 161 Å². The number of pyridine rings is 1. The van der Waals surface area contributed by atoms with Crippen molar-refractivity contribution in [3.63, 3.8) is 0 Å². The van der Waals surface area contributed by atoms with E-state index in [2.05, 4.69) is 10.3 Å².